The molecule has 1 fully saturated rings. The number of amides is 1. The molecule has 0 unspecified atom stereocenters. The van der Waals surface area contributed by atoms with Crippen LogP contribution in [0.4, 0.5) is 15.9 Å². The van der Waals surface area contributed by atoms with Gasteiger partial charge in [0.1, 0.15) is 5.82 Å². The van der Waals surface area contributed by atoms with Gasteiger partial charge in [0.15, 0.2) is 5.82 Å². The zero-order valence-electron chi connectivity index (χ0n) is 13.4. The first-order chi connectivity index (χ1) is 11.7. The fraction of sp³-hybridized carbons (Fsp3) is 0.353. The first kappa shape index (κ1) is 16.3. The lowest BCUT2D eigenvalue weighted by Crippen LogP contribution is -2.36. The van der Waals surface area contributed by atoms with E-state index in [0.717, 1.165) is 19.5 Å². The summed E-state index contributed by atoms with van der Waals surface area (Å²) in [6.45, 7) is 3.28. The summed E-state index contributed by atoms with van der Waals surface area (Å²) in [4.78, 5) is 16.2. The number of halogens is 1. The van der Waals surface area contributed by atoms with Crippen molar-refractivity contribution in [3.8, 4) is 0 Å². The molecule has 0 spiro atoms. The van der Waals surface area contributed by atoms with Crippen LogP contribution in [0.3, 0.4) is 0 Å². The first-order valence-corrected chi connectivity index (χ1v) is 8.02. The number of benzene rings is 1. The minimum absolute atomic E-state index is 0.116. The number of anilines is 2. The van der Waals surface area contributed by atoms with Crippen molar-refractivity contribution in [3.63, 3.8) is 0 Å². The second-order valence-electron chi connectivity index (χ2n) is 5.73. The van der Waals surface area contributed by atoms with Gasteiger partial charge < -0.3 is 10.2 Å². The predicted octanol–water partition coefficient (Wildman–Crippen LogP) is 1.77. The van der Waals surface area contributed by atoms with Crippen molar-refractivity contribution in [3.05, 3.63) is 48.4 Å². The fourth-order valence-electron chi connectivity index (χ4n) is 2.83. The number of hydrogen-bond donors (Lipinski definition) is 1. The van der Waals surface area contributed by atoms with Gasteiger partial charge >= 0.3 is 0 Å². The maximum atomic E-state index is 13.9. The standard InChI is InChI=1S/C17H20FN5O/c18-14-5-1-2-6-15(14)23-10-4-9-22(11-12-23)13-17(24)20-16-7-3-8-19-21-16/h1-3,5-8H,4,9-13H2,(H,20,21,24). The highest BCUT2D eigenvalue weighted by Crippen LogP contribution is 2.20. The molecule has 6 nitrogen and oxygen atoms in total. The van der Waals surface area contributed by atoms with Crippen molar-refractivity contribution in [1.82, 2.24) is 15.1 Å². The van der Waals surface area contributed by atoms with Gasteiger partial charge in [0.2, 0.25) is 5.91 Å². The zero-order chi connectivity index (χ0) is 16.8. The van der Waals surface area contributed by atoms with Gasteiger partial charge in [0.05, 0.1) is 12.2 Å². The highest BCUT2D eigenvalue weighted by Gasteiger charge is 2.19. The largest absolute Gasteiger partial charge is 0.368 e. The van der Waals surface area contributed by atoms with E-state index < -0.39 is 0 Å². The van der Waals surface area contributed by atoms with Gasteiger partial charge in [0, 0.05) is 32.4 Å². The van der Waals surface area contributed by atoms with E-state index in [1.165, 1.54) is 6.07 Å². The normalized spacial score (nSPS) is 15.8. The lowest BCUT2D eigenvalue weighted by Gasteiger charge is -2.23. The van der Waals surface area contributed by atoms with Crippen LogP contribution in [0.1, 0.15) is 6.42 Å². The van der Waals surface area contributed by atoms with Crippen LogP contribution in [0.5, 0.6) is 0 Å². The van der Waals surface area contributed by atoms with Crippen LogP contribution in [0.25, 0.3) is 0 Å². The third-order valence-electron chi connectivity index (χ3n) is 3.99. The van der Waals surface area contributed by atoms with Crippen molar-refractivity contribution in [2.75, 3.05) is 42.9 Å². The van der Waals surface area contributed by atoms with Crippen molar-refractivity contribution in [2.45, 2.75) is 6.42 Å². The average molecular weight is 329 g/mol. The smallest absolute Gasteiger partial charge is 0.239 e. The minimum atomic E-state index is -0.202. The van der Waals surface area contributed by atoms with Gasteiger partial charge in [-0.2, -0.15) is 5.10 Å². The highest BCUT2D eigenvalue weighted by molar-refractivity contribution is 5.91. The van der Waals surface area contributed by atoms with Gasteiger partial charge in [-0.1, -0.05) is 12.1 Å². The first-order valence-electron chi connectivity index (χ1n) is 8.02. The summed E-state index contributed by atoms with van der Waals surface area (Å²) in [7, 11) is 0. The molecule has 1 N–H and O–H groups in total. The lowest BCUT2D eigenvalue weighted by molar-refractivity contribution is -0.117. The molecule has 0 aliphatic carbocycles. The van der Waals surface area contributed by atoms with Crippen LogP contribution in [0.2, 0.25) is 0 Å². The molecule has 0 atom stereocenters. The number of para-hydroxylation sites is 1. The van der Waals surface area contributed by atoms with Crippen molar-refractivity contribution in [2.24, 2.45) is 0 Å². The topological polar surface area (TPSA) is 61.4 Å². The Bertz CT molecular complexity index is 682. The molecule has 1 amide bonds. The van der Waals surface area contributed by atoms with Crippen LogP contribution in [0.15, 0.2) is 42.6 Å². The summed E-state index contributed by atoms with van der Waals surface area (Å²) < 4.78 is 13.9. The molecule has 1 aliphatic rings. The Morgan fingerprint density at radius 1 is 1.12 bits per heavy atom. The van der Waals surface area contributed by atoms with E-state index in [0.29, 0.717) is 31.1 Å². The van der Waals surface area contributed by atoms with E-state index in [1.807, 2.05) is 11.0 Å². The number of carbonyl (C=O) groups is 1. The summed E-state index contributed by atoms with van der Waals surface area (Å²) in [5.41, 5.74) is 0.628. The maximum Gasteiger partial charge on any atom is 0.239 e. The molecule has 3 rings (SSSR count). The van der Waals surface area contributed by atoms with Crippen molar-refractivity contribution >= 4 is 17.4 Å². The minimum Gasteiger partial charge on any atom is -0.368 e. The molecule has 0 radical (unpaired) electrons. The molecule has 2 heterocycles. The molecule has 126 valence electrons. The second kappa shape index (κ2) is 7.83. The van der Waals surface area contributed by atoms with E-state index in [1.54, 1.807) is 30.5 Å². The number of carbonyl (C=O) groups excluding carboxylic acids is 1. The summed E-state index contributed by atoms with van der Waals surface area (Å²) in [6, 6.07) is 10.2. The Morgan fingerprint density at radius 2 is 2.00 bits per heavy atom. The summed E-state index contributed by atoms with van der Waals surface area (Å²) in [5.74, 6) is 0.131. The van der Waals surface area contributed by atoms with Crippen LogP contribution in [-0.2, 0) is 4.79 Å². The number of rotatable bonds is 4. The van der Waals surface area contributed by atoms with Crippen molar-refractivity contribution < 1.29 is 9.18 Å². The predicted molar refractivity (Wildman–Crippen MR) is 90.3 cm³/mol. The molecule has 1 aromatic carbocycles. The lowest BCUT2D eigenvalue weighted by atomic mass is 10.2. The summed E-state index contributed by atoms with van der Waals surface area (Å²) in [6.07, 6.45) is 2.44. The van der Waals surface area contributed by atoms with E-state index in [9.17, 15) is 9.18 Å². The van der Waals surface area contributed by atoms with Crippen LogP contribution >= 0.6 is 0 Å². The Labute approximate surface area is 140 Å². The van der Waals surface area contributed by atoms with Gasteiger partial charge in [-0.15, -0.1) is 5.10 Å². The van der Waals surface area contributed by atoms with Gasteiger partial charge in [-0.05, 0) is 30.7 Å². The number of hydrogen-bond acceptors (Lipinski definition) is 5. The second-order valence-corrected chi connectivity index (χ2v) is 5.73. The maximum absolute atomic E-state index is 13.9. The Kier molecular flexibility index (Phi) is 5.32. The summed E-state index contributed by atoms with van der Waals surface area (Å²) >= 11 is 0. The van der Waals surface area contributed by atoms with Gasteiger partial charge in [-0.25, -0.2) is 4.39 Å². The molecular formula is C17H20FN5O. The molecule has 1 saturated heterocycles. The number of nitrogens with one attached hydrogen (secondary N) is 1. The van der Waals surface area contributed by atoms with E-state index in [2.05, 4.69) is 20.4 Å². The molecule has 7 heteroatoms. The fourth-order valence-corrected chi connectivity index (χ4v) is 2.83. The van der Waals surface area contributed by atoms with Crippen molar-refractivity contribution in [1.29, 1.82) is 0 Å². The van der Waals surface area contributed by atoms with Crippen LogP contribution in [-0.4, -0.2) is 53.7 Å². The monoisotopic (exact) mass is 329 g/mol. The molecule has 24 heavy (non-hydrogen) atoms. The van der Waals surface area contributed by atoms with Gasteiger partial charge in [-0.3, -0.25) is 9.69 Å². The average Bonchev–Trinajstić information content (AvgIpc) is 2.82. The van der Waals surface area contributed by atoms with Crippen LogP contribution in [0, 0.1) is 5.82 Å². The van der Waals surface area contributed by atoms with E-state index in [-0.39, 0.29) is 11.7 Å². The molecule has 0 bridgehead atoms. The SMILES string of the molecule is O=C(CN1CCCN(c2ccccc2F)CC1)Nc1cccnn1. The molecule has 1 aromatic heterocycles. The van der Waals surface area contributed by atoms with Gasteiger partial charge in [0.25, 0.3) is 0 Å². The molecular weight excluding hydrogens is 309 g/mol. The molecule has 0 saturated carbocycles. The van der Waals surface area contributed by atoms with E-state index in [4.69, 9.17) is 0 Å². The molecule has 2 aromatic rings. The Balaban J connectivity index is 1.54. The zero-order valence-corrected chi connectivity index (χ0v) is 13.4. The third-order valence-corrected chi connectivity index (χ3v) is 3.99. The number of nitrogens with zero attached hydrogens (tertiary/aromatic N) is 4. The Hall–Kier alpha value is -2.54. The third kappa shape index (κ3) is 4.26. The van der Waals surface area contributed by atoms with E-state index >= 15 is 0 Å². The number of aromatic nitrogens is 2. The Morgan fingerprint density at radius 3 is 2.79 bits per heavy atom. The van der Waals surface area contributed by atoms with Crippen LogP contribution < -0.4 is 10.2 Å². The summed E-state index contributed by atoms with van der Waals surface area (Å²) in [5, 5.41) is 10.3. The quantitative estimate of drug-likeness (QED) is 0.926. The highest BCUT2D eigenvalue weighted by atomic mass is 19.1. The molecule has 1 aliphatic heterocycles.